The Hall–Kier alpha value is 0.0900. The molecule has 0 amide bonds. The van der Waals surface area contributed by atoms with Gasteiger partial charge >= 0.3 is 0 Å². The molecule has 3 nitrogen and oxygen atoms in total. The number of nitrogens with one attached hydrogen (secondary N) is 1. The van der Waals surface area contributed by atoms with E-state index in [1.165, 1.54) is 5.56 Å². The Labute approximate surface area is 138 Å². The molecule has 1 N–H and O–H groups in total. The second kappa shape index (κ2) is 8.51. The van der Waals surface area contributed by atoms with Gasteiger partial charge in [-0.1, -0.05) is 45.7 Å². The summed E-state index contributed by atoms with van der Waals surface area (Å²) in [6, 6.07) is 6.33. The largest absolute Gasteiger partial charge is 0.310 e. The second-order valence-corrected chi connectivity index (χ2v) is 9.00. The van der Waals surface area contributed by atoms with Crippen LogP contribution in [-0.2, 0) is 9.84 Å². The maximum atomic E-state index is 11.5. The van der Waals surface area contributed by atoms with Crippen LogP contribution in [0.3, 0.4) is 0 Å². The summed E-state index contributed by atoms with van der Waals surface area (Å²) in [4.78, 5) is 0. The fourth-order valence-electron chi connectivity index (χ4n) is 2.06. The maximum Gasteiger partial charge on any atom is 0.150 e. The minimum Gasteiger partial charge on any atom is -0.310 e. The molecule has 0 saturated heterocycles. The maximum absolute atomic E-state index is 11.5. The average molecular weight is 427 g/mol. The summed E-state index contributed by atoms with van der Waals surface area (Å²) in [5.74, 6) is 0.488. The van der Waals surface area contributed by atoms with Crippen molar-refractivity contribution >= 4 is 41.7 Å². The van der Waals surface area contributed by atoms with Crippen molar-refractivity contribution in [2.75, 3.05) is 18.1 Å². The van der Waals surface area contributed by atoms with E-state index in [-0.39, 0.29) is 17.5 Å². The number of halogens is 2. The van der Waals surface area contributed by atoms with Crippen molar-refractivity contribution in [3.8, 4) is 0 Å². The first-order chi connectivity index (χ1) is 9.38. The molecule has 1 aromatic rings. The van der Waals surface area contributed by atoms with Gasteiger partial charge in [-0.3, -0.25) is 0 Å². The lowest BCUT2D eigenvalue weighted by atomic mass is 10.0. The summed E-state index contributed by atoms with van der Waals surface area (Å²) in [5, 5.41) is 3.42. The fourth-order valence-corrected chi connectivity index (χ4v) is 4.29. The highest BCUT2D eigenvalue weighted by atomic mass is 79.9. The lowest BCUT2D eigenvalue weighted by Gasteiger charge is -2.19. The number of rotatable bonds is 8. The molecule has 114 valence electrons. The van der Waals surface area contributed by atoms with Crippen molar-refractivity contribution in [2.24, 2.45) is 0 Å². The zero-order valence-electron chi connectivity index (χ0n) is 11.8. The third-order valence-electron chi connectivity index (χ3n) is 3.13. The Kier molecular flexibility index (Phi) is 7.72. The van der Waals surface area contributed by atoms with E-state index in [1.807, 2.05) is 6.07 Å². The van der Waals surface area contributed by atoms with Gasteiger partial charge in [0.2, 0.25) is 0 Å². The first-order valence-electron chi connectivity index (χ1n) is 6.77. The molecule has 0 aliphatic heterocycles. The minimum atomic E-state index is -2.87. The monoisotopic (exact) mass is 425 g/mol. The molecule has 0 fully saturated rings. The highest BCUT2D eigenvalue weighted by molar-refractivity contribution is 9.11. The Balaban J connectivity index is 2.73. The molecule has 0 aliphatic rings. The van der Waals surface area contributed by atoms with E-state index < -0.39 is 9.84 Å². The standard InChI is InChI=1S/C14H21Br2NO2S/c1-3-17-14(6-5-7-20(18,19)4-2)11-8-12(15)10-13(16)9-11/h8-10,14,17H,3-7H2,1-2H3. The predicted octanol–water partition coefficient (Wildman–Crippen LogP) is 4.08. The first-order valence-corrected chi connectivity index (χ1v) is 10.2. The SMILES string of the molecule is CCNC(CCCS(=O)(=O)CC)c1cc(Br)cc(Br)c1. The second-order valence-electron chi connectivity index (χ2n) is 4.69. The lowest BCUT2D eigenvalue weighted by Crippen LogP contribution is -2.22. The zero-order valence-corrected chi connectivity index (χ0v) is 15.8. The Morgan fingerprint density at radius 1 is 1.15 bits per heavy atom. The van der Waals surface area contributed by atoms with Crippen LogP contribution in [0.5, 0.6) is 0 Å². The summed E-state index contributed by atoms with van der Waals surface area (Å²) in [6.07, 6.45) is 1.49. The van der Waals surface area contributed by atoms with Crippen molar-refractivity contribution in [3.63, 3.8) is 0 Å². The highest BCUT2D eigenvalue weighted by Crippen LogP contribution is 2.26. The van der Waals surface area contributed by atoms with Gasteiger partial charge in [-0.2, -0.15) is 0 Å². The van der Waals surface area contributed by atoms with Gasteiger partial charge in [0, 0.05) is 20.7 Å². The van der Waals surface area contributed by atoms with E-state index in [0.29, 0.717) is 6.42 Å². The van der Waals surface area contributed by atoms with Crippen LogP contribution in [0.25, 0.3) is 0 Å². The Bertz CT molecular complexity index is 512. The van der Waals surface area contributed by atoms with Gasteiger partial charge in [-0.15, -0.1) is 0 Å². The molecule has 0 aliphatic carbocycles. The average Bonchev–Trinajstić information content (AvgIpc) is 2.36. The quantitative estimate of drug-likeness (QED) is 0.681. The predicted molar refractivity (Wildman–Crippen MR) is 91.8 cm³/mol. The lowest BCUT2D eigenvalue weighted by molar-refractivity contribution is 0.506. The zero-order chi connectivity index (χ0) is 15.2. The van der Waals surface area contributed by atoms with Gasteiger partial charge in [-0.05, 0) is 43.1 Å². The van der Waals surface area contributed by atoms with Crippen LogP contribution in [0.15, 0.2) is 27.1 Å². The summed E-state index contributed by atoms with van der Waals surface area (Å²) in [6.45, 7) is 4.61. The molecule has 1 aromatic carbocycles. The third-order valence-corrected chi connectivity index (χ3v) is 5.83. The summed E-state index contributed by atoms with van der Waals surface area (Å²) in [5.41, 5.74) is 1.17. The van der Waals surface area contributed by atoms with Crippen LogP contribution in [-0.4, -0.2) is 26.5 Å². The summed E-state index contributed by atoms with van der Waals surface area (Å²) >= 11 is 6.98. The van der Waals surface area contributed by atoms with Crippen LogP contribution in [0.2, 0.25) is 0 Å². The van der Waals surface area contributed by atoms with Gasteiger partial charge in [0.25, 0.3) is 0 Å². The number of hydrogen-bond donors (Lipinski definition) is 1. The molecule has 6 heteroatoms. The molecule has 0 spiro atoms. The number of benzene rings is 1. The fraction of sp³-hybridized carbons (Fsp3) is 0.571. The van der Waals surface area contributed by atoms with E-state index >= 15 is 0 Å². The van der Waals surface area contributed by atoms with Crippen LogP contribution < -0.4 is 5.32 Å². The minimum absolute atomic E-state index is 0.181. The normalized spacial score (nSPS) is 13.4. The molecule has 0 bridgehead atoms. The molecule has 1 atom stereocenters. The molecular formula is C14H21Br2NO2S. The molecule has 1 unspecified atom stereocenters. The van der Waals surface area contributed by atoms with Crippen LogP contribution in [0.4, 0.5) is 0 Å². The van der Waals surface area contributed by atoms with E-state index in [2.05, 4.69) is 56.2 Å². The topological polar surface area (TPSA) is 46.2 Å². The number of sulfone groups is 1. The van der Waals surface area contributed by atoms with Crippen LogP contribution >= 0.6 is 31.9 Å². The Morgan fingerprint density at radius 3 is 2.25 bits per heavy atom. The van der Waals surface area contributed by atoms with Crippen LogP contribution in [0, 0.1) is 0 Å². The van der Waals surface area contributed by atoms with Gasteiger partial charge in [-0.25, -0.2) is 8.42 Å². The van der Waals surface area contributed by atoms with E-state index in [1.54, 1.807) is 6.92 Å². The van der Waals surface area contributed by atoms with Crippen molar-refractivity contribution < 1.29 is 8.42 Å². The molecule has 20 heavy (non-hydrogen) atoms. The molecule has 0 aromatic heterocycles. The molecule has 1 rings (SSSR count). The number of hydrogen-bond acceptors (Lipinski definition) is 3. The van der Waals surface area contributed by atoms with E-state index in [0.717, 1.165) is 21.9 Å². The van der Waals surface area contributed by atoms with Crippen molar-refractivity contribution in [1.29, 1.82) is 0 Å². The van der Waals surface area contributed by atoms with Crippen molar-refractivity contribution in [3.05, 3.63) is 32.7 Å². The van der Waals surface area contributed by atoms with Gasteiger partial charge in [0.05, 0.1) is 5.75 Å². The van der Waals surface area contributed by atoms with Gasteiger partial charge in [0.1, 0.15) is 9.84 Å². The van der Waals surface area contributed by atoms with Crippen LogP contribution in [0.1, 0.15) is 38.3 Å². The molecule has 0 heterocycles. The summed E-state index contributed by atoms with van der Waals surface area (Å²) < 4.78 is 25.1. The molecular weight excluding hydrogens is 406 g/mol. The first kappa shape index (κ1) is 18.1. The van der Waals surface area contributed by atoms with E-state index in [4.69, 9.17) is 0 Å². The van der Waals surface area contributed by atoms with Gasteiger partial charge in [0.15, 0.2) is 0 Å². The summed E-state index contributed by atoms with van der Waals surface area (Å²) in [7, 11) is -2.87. The molecule has 0 radical (unpaired) electrons. The van der Waals surface area contributed by atoms with Crippen molar-refractivity contribution in [1.82, 2.24) is 5.32 Å². The smallest absolute Gasteiger partial charge is 0.150 e. The third kappa shape index (κ3) is 6.24. The van der Waals surface area contributed by atoms with Gasteiger partial charge < -0.3 is 5.32 Å². The highest BCUT2D eigenvalue weighted by Gasteiger charge is 2.14. The Morgan fingerprint density at radius 2 is 1.75 bits per heavy atom. The van der Waals surface area contributed by atoms with Crippen molar-refractivity contribution in [2.45, 2.75) is 32.7 Å². The van der Waals surface area contributed by atoms with E-state index in [9.17, 15) is 8.42 Å². The molecule has 0 saturated carbocycles.